The van der Waals surface area contributed by atoms with E-state index >= 15 is 0 Å². The predicted octanol–water partition coefficient (Wildman–Crippen LogP) is 3.66. The number of carboxylic acid groups (broad SMARTS) is 1. The van der Waals surface area contributed by atoms with Gasteiger partial charge in [-0.05, 0) is 44.7 Å². The van der Waals surface area contributed by atoms with Crippen molar-refractivity contribution in [1.29, 1.82) is 0 Å². The summed E-state index contributed by atoms with van der Waals surface area (Å²) in [6.45, 7) is 2.34. The van der Waals surface area contributed by atoms with Gasteiger partial charge < -0.3 is 9.84 Å². The molecule has 1 aromatic rings. The second kappa shape index (κ2) is 8.34. The Morgan fingerprint density at radius 2 is 1.94 bits per heavy atom. The average molecular weight is 248 g/mol. The maximum Gasteiger partial charge on any atom is 0.330 e. The zero-order valence-electron chi connectivity index (χ0n) is 10.8. The highest BCUT2D eigenvalue weighted by Gasteiger charge is 1.98. The standard InChI is InChI=1S/C15H20O3/c1-13(15(16)17)9-5-2-3-8-12-18-14-10-6-4-7-11-14/h4,6-7,9-11H,2-3,5,8,12H2,1H3,(H,16,17)/b13-9+. The van der Waals surface area contributed by atoms with Crippen LogP contribution in [-0.2, 0) is 4.79 Å². The molecule has 0 heterocycles. The summed E-state index contributed by atoms with van der Waals surface area (Å²) in [5, 5.41) is 8.66. The van der Waals surface area contributed by atoms with Crippen LogP contribution in [-0.4, -0.2) is 17.7 Å². The lowest BCUT2D eigenvalue weighted by Crippen LogP contribution is -1.97. The molecule has 18 heavy (non-hydrogen) atoms. The van der Waals surface area contributed by atoms with Gasteiger partial charge in [-0.15, -0.1) is 0 Å². The summed E-state index contributed by atoms with van der Waals surface area (Å²) < 4.78 is 5.56. The molecule has 0 aromatic heterocycles. The van der Waals surface area contributed by atoms with Crippen molar-refractivity contribution in [3.8, 4) is 5.75 Å². The van der Waals surface area contributed by atoms with Crippen LogP contribution in [0.15, 0.2) is 42.0 Å². The second-order valence-corrected chi connectivity index (χ2v) is 4.20. The molecular weight excluding hydrogens is 228 g/mol. The van der Waals surface area contributed by atoms with E-state index in [1.807, 2.05) is 30.3 Å². The number of aliphatic carboxylic acids is 1. The van der Waals surface area contributed by atoms with Crippen LogP contribution >= 0.6 is 0 Å². The molecule has 0 aliphatic carbocycles. The molecule has 0 saturated heterocycles. The first-order chi connectivity index (χ1) is 8.70. The highest BCUT2D eigenvalue weighted by Crippen LogP contribution is 2.10. The van der Waals surface area contributed by atoms with E-state index < -0.39 is 5.97 Å². The van der Waals surface area contributed by atoms with Gasteiger partial charge in [0.15, 0.2) is 0 Å². The largest absolute Gasteiger partial charge is 0.494 e. The van der Waals surface area contributed by atoms with E-state index in [2.05, 4.69) is 0 Å². The van der Waals surface area contributed by atoms with Crippen LogP contribution in [0.4, 0.5) is 0 Å². The Kier molecular flexibility index (Phi) is 6.62. The number of unbranched alkanes of at least 4 members (excludes halogenated alkanes) is 3. The fraction of sp³-hybridized carbons (Fsp3) is 0.400. The van der Waals surface area contributed by atoms with Crippen LogP contribution in [0.2, 0.25) is 0 Å². The van der Waals surface area contributed by atoms with E-state index in [0.29, 0.717) is 12.2 Å². The van der Waals surface area contributed by atoms with Gasteiger partial charge in [-0.1, -0.05) is 24.3 Å². The molecule has 0 saturated carbocycles. The number of rotatable bonds is 8. The van der Waals surface area contributed by atoms with Crippen LogP contribution in [0.1, 0.15) is 32.6 Å². The first-order valence-electron chi connectivity index (χ1n) is 6.28. The smallest absolute Gasteiger partial charge is 0.330 e. The molecule has 98 valence electrons. The summed E-state index contributed by atoms with van der Waals surface area (Å²) in [5.74, 6) is 0.0709. The lowest BCUT2D eigenvalue weighted by molar-refractivity contribution is -0.132. The Morgan fingerprint density at radius 3 is 2.61 bits per heavy atom. The Hall–Kier alpha value is -1.77. The lowest BCUT2D eigenvalue weighted by atomic mass is 10.1. The van der Waals surface area contributed by atoms with Gasteiger partial charge in [0.2, 0.25) is 0 Å². The molecule has 1 rings (SSSR count). The molecule has 1 N–H and O–H groups in total. The van der Waals surface area contributed by atoms with Crippen molar-refractivity contribution in [1.82, 2.24) is 0 Å². The SMILES string of the molecule is C/C(=C\CCCCCOc1ccccc1)C(=O)O. The van der Waals surface area contributed by atoms with Crippen LogP contribution in [0.3, 0.4) is 0 Å². The van der Waals surface area contributed by atoms with Crippen molar-refractivity contribution in [3.05, 3.63) is 42.0 Å². The Labute approximate surface area is 108 Å². The number of ether oxygens (including phenoxy) is 1. The third-order valence-corrected chi connectivity index (χ3v) is 2.65. The van der Waals surface area contributed by atoms with Crippen molar-refractivity contribution >= 4 is 5.97 Å². The first kappa shape index (κ1) is 14.3. The lowest BCUT2D eigenvalue weighted by Gasteiger charge is -2.05. The minimum atomic E-state index is -0.831. The van der Waals surface area contributed by atoms with Crippen molar-refractivity contribution in [2.45, 2.75) is 32.6 Å². The number of allylic oxidation sites excluding steroid dienone is 1. The van der Waals surface area contributed by atoms with Crippen LogP contribution < -0.4 is 4.74 Å². The topological polar surface area (TPSA) is 46.5 Å². The van der Waals surface area contributed by atoms with E-state index in [0.717, 1.165) is 31.4 Å². The monoisotopic (exact) mass is 248 g/mol. The number of para-hydroxylation sites is 1. The third-order valence-electron chi connectivity index (χ3n) is 2.65. The van der Waals surface area contributed by atoms with Gasteiger partial charge in [-0.25, -0.2) is 4.79 Å². The molecule has 3 heteroatoms. The number of benzene rings is 1. The molecule has 3 nitrogen and oxygen atoms in total. The summed E-state index contributed by atoms with van der Waals surface area (Å²) in [6.07, 6.45) is 5.65. The van der Waals surface area contributed by atoms with Gasteiger partial charge in [0.25, 0.3) is 0 Å². The van der Waals surface area contributed by atoms with Crippen molar-refractivity contribution in [3.63, 3.8) is 0 Å². The van der Waals surface area contributed by atoms with E-state index in [9.17, 15) is 4.79 Å². The first-order valence-corrected chi connectivity index (χ1v) is 6.28. The highest BCUT2D eigenvalue weighted by molar-refractivity contribution is 5.85. The van der Waals surface area contributed by atoms with Gasteiger partial charge in [0.1, 0.15) is 5.75 Å². The molecule has 1 aromatic carbocycles. The fourth-order valence-electron chi connectivity index (χ4n) is 1.54. The molecular formula is C15H20O3. The number of carboxylic acids is 1. The van der Waals surface area contributed by atoms with Crippen LogP contribution in [0.5, 0.6) is 5.75 Å². The molecule has 0 amide bonds. The number of carbonyl (C=O) groups is 1. The van der Waals surface area contributed by atoms with Gasteiger partial charge in [0, 0.05) is 5.57 Å². The van der Waals surface area contributed by atoms with Crippen molar-refractivity contribution in [2.24, 2.45) is 0 Å². The number of hydrogen-bond donors (Lipinski definition) is 1. The third kappa shape index (κ3) is 6.09. The molecule has 0 radical (unpaired) electrons. The zero-order chi connectivity index (χ0) is 13.2. The van der Waals surface area contributed by atoms with E-state index in [-0.39, 0.29) is 0 Å². The van der Waals surface area contributed by atoms with E-state index in [4.69, 9.17) is 9.84 Å². The minimum absolute atomic E-state index is 0.426. The minimum Gasteiger partial charge on any atom is -0.494 e. The highest BCUT2D eigenvalue weighted by atomic mass is 16.5. The normalized spacial score (nSPS) is 11.3. The van der Waals surface area contributed by atoms with Gasteiger partial charge >= 0.3 is 5.97 Å². The second-order valence-electron chi connectivity index (χ2n) is 4.20. The molecule has 0 bridgehead atoms. The molecule has 0 spiro atoms. The van der Waals surface area contributed by atoms with Crippen molar-refractivity contribution in [2.75, 3.05) is 6.61 Å². The Morgan fingerprint density at radius 1 is 1.22 bits per heavy atom. The van der Waals surface area contributed by atoms with E-state index in [1.54, 1.807) is 13.0 Å². The molecule has 0 atom stereocenters. The fourth-order valence-corrected chi connectivity index (χ4v) is 1.54. The molecule has 0 unspecified atom stereocenters. The number of hydrogen-bond acceptors (Lipinski definition) is 2. The Balaban J connectivity index is 2.03. The average Bonchev–Trinajstić information content (AvgIpc) is 2.38. The summed E-state index contributed by atoms with van der Waals surface area (Å²) >= 11 is 0. The maximum absolute atomic E-state index is 10.5. The quantitative estimate of drug-likeness (QED) is 0.564. The summed E-state index contributed by atoms with van der Waals surface area (Å²) in [4.78, 5) is 10.5. The maximum atomic E-state index is 10.5. The van der Waals surface area contributed by atoms with Crippen LogP contribution in [0, 0.1) is 0 Å². The summed E-state index contributed by atoms with van der Waals surface area (Å²) in [6, 6.07) is 9.76. The van der Waals surface area contributed by atoms with E-state index in [1.165, 1.54) is 0 Å². The molecule has 0 fully saturated rings. The van der Waals surface area contributed by atoms with Crippen LogP contribution in [0.25, 0.3) is 0 Å². The zero-order valence-corrected chi connectivity index (χ0v) is 10.8. The predicted molar refractivity (Wildman–Crippen MR) is 71.8 cm³/mol. The molecule has 0 aliphatic heterocycles. The van der Waals surface area contributed by atoms with Crippen molar-refractivity contribution < 1.29 is 14.6 Å². The van der Waals surface area contributed by atoms with Gasteiger partial charge in [-0.3, -0.25) is 0 Å². The Bertz CT molecular complexity index is 382. The summed E-state index contributed by atoms with van der Waals surface area (Å²) in [5.41, 5.74) is 0.426. The molecule has 0 aliphatic rings. The van der Waals surface area contributed by atoms with Gasteiger partial charge in [0.05, 0.1) is 6.61 Å². The summed E-state index contributed by atoms with van der Waals surface area (Å²) in [7, 11) is 0. The van der Waals surface area contributed by atoms with Gasteiger partial charge in [-0.2, -0.15) is 0 Å².